The van der Waals surface area contributed by atoms with E-state index in [1.165, 1.54) is 19.2 Å². The van der Waals surface area contributed by atoms with Gasteiger partial charge < -0.3 is 15.1 Å². The number of carboxylic acid groups (broad SMARTS) is 1. The number of rotatable bonds is 9. The van der Waals surface area contributed by atoms with Gasteiger partial charge >= 0.3 is 18.3 Å². The average molecular weight is 636 g/mol. The second-order valence-electron chi connectivity index (χ2n) is 9.17. The fraction of sp³-hybridized carbons (Fsp3) is 0.286. The van der Waals surface area contributed by atoms with Crippen LogP contribution in [0.25, 0.3) is 0 Å². The summed E-state index contributed by atoms with van der Waals surface area (Å²) in [6.45, 7) is -0.284. The molecule has 1 amide bonds. The molecule has 0 fully saturated rings. The third-order valence-electron chi connectivity index (χ3n) is 5.71. The van der Waals surface area contributed by atoms with Crippen molar-refractivity contribution in [3.8, 4) is 0 Å². The Hall–Kier alpha value is -3.95. The van der Waals surface area contributed by atoms with Crippen molar-refractivity contribution in [1.82, 2.24) is 4.90 Å². The first-order valence-electron chi connectivity index (χ1n) is 12.2. The molecule has 0 unspecified atom stereocenters. The molecule has 3 aromatic rings. The van der Waals surface area contributed by atoms with E-state index in [0.717, 1.165) is 11.2 Å². The summed E-state index contributed by atoms with van der Waals surface area (Å²) in [5, 5.41) is 17.4. The molecule has 0 saturated heterocycles. The lowest BCUT2D eigenvalue weighted by Crippen LogP contribution is -2.35. The first kappa shape index (κ1) is 35.2. The number of hydrogen-bond acceptors (Lipinski definition) is 6. The van der Waals surface area contributed by atoms with Crippen LogP contribution < -0.4 is 0 Å². The van der Waals surface area contributed by atoms with Gasteiger partial charge in [-0.25, -0.2) is 4.79 Å². The summed E-state index contributed by atoms with van der Waals surface area (Å²) in [6, 6.07) is 17.0. The van der Waals surface area contributed by atoms with Gasteiger partial charge in [-0.1, -0.05) is 60.7 Å². The zero-order chi connectivity index (χ0) is 32.6. The number of carboxylic acids is 1. The molecule has 0 aromatic heterocycles. The van der Waals surface area contributed by atoms with Crippen LogP contribution in [0, 0.1) is 0 Å². The molecule has 0 spiro atoms. The summed E-state index contributed by atoms with van der Waals surface area (Å²) in [5.41, 5.74) is -2.59. The molecule has 2 atom stereocenters. The van der Waals surface area contributed by atoms with Crippen LogP contribution in [0.4, 0.5) is 26.3 Å². The standard InChI is InChI=1S/C20H19F6NO4S.C8H8O3/c1-27(18(28)17(31-32(2,29)30)14-6-4-3-5-7-14)9-8-13-10-15(19(21,22)23)12-16(11-13)20(24,25)26;9-7(8(10)11)6-4-2-1-3-5-6/h3-7,10-12,17H,8-9H2,1-2H3;1-5,7,9H,(H,10,11)/t17-;7-/m11/s1. The van der Waals surface area contributed by atoms with Crippen LogP contribution in [-0.4, -0.2) is 55.3 Å². The molecule has 3 aromatic carbocycles. The van der Waals surface area contributed by atoms with Gasteiger partial charge in [-0.2, -0.15) is 34.8 Å². The topological polar surface area (TPSA) is 121 Å². The van der Waals surface area contributed by atoms with Crippen molar-refractivity contribution in [1.29, 1.82) is 0 Å². The van der Waals surface area contributed by atoms with Gasteiger partial charge in [0.15, 0.2) is 12.2 Å². The van der Waals surface area contributed by atoms with Gasteiger partial charge in [-0.3, -0.25) is 8.98 Å². The van der Waals surface area contributed by atoms with Crippen LogP contribution in [0.3, 0.4) is 0 Å². The Bertz CT molecular complexity index is 1450. The van der Waals surface area contributed by atoms with Crippen LogP contribution in [-0.2, 0) is 42.7 Å². The Labute approximate surface area is 243 Å². The number of aliphatic carboxylic acids is 1. The molecule has 0 aliphatic rings. The molecule has 0 aliphatic heterocycles. The van der Waals surface area contributed by atoms with Crippen molar-refractivity contribution in [2.45, 2.75) is 31.0 Å². The number of carbonyl (C=O) groups excluding carboxylic acids is 1. The fourth-order valence-electron chi connectivity index (χ4n) is 3.59. The van der Waals surface area contributed by atoms with Gasteiger partial charge in [0.2, 0.25) is 0 Å². The maximum absolute atomic E-state index is 13.0. The first-order valence-corrected chi connectivity index (χ1v) is 14.0. The molecule has 0 bridgehead atoms. The number of nitrogens with zero attached hydrogens (tertiary/aromatic N) is 1. The van der Waals surface area contributed by atoms with Crippen LogP contribution in [0.1, 0.15) is 40.0 Å². The second-order valence-corrected chi connectivity index (χ2v) is 10.8. The van der Waals surface area contributed by atoms with E-state index in [2.05, 4.69) is 0 Å². The van der Waals surface area contributed by atoms with Gasteiger partial charge in [0, 0.05) is 13.6 Å². The minimum atomic E-state index is -4.99. The van der Waals surface area contributed by atoms with Crippen molar-refractivity contribution in [3.63, 3.8) is 0 Å². The second kappa shape index (κ2) is 14.5. The van der Waals surface area contributed by atoms with Gasteiger partial charge in [0.05, 0.1) is 17.4 Å². The highest BCUT2D eigenvalue weighted by atomic mass is 32.2. The van der Waals surface area contributed by atoms with Gasteiger partial charge in [-0.05, 0) is 41.3 Å². The lowest BCUT2D eigenvalue weighted by Gasteiger charge is -2.24. The molecule has 234 valence electrons. The number of aliphatic hydroxyl groups excluding tert-OH is 1. The number of halogens is 6. The van der Waals surface area contributed by atoms with Gasteiger partial charge in [-0.15, -0.1) is 0 Å². The average Bonchev–Trinajstić information content (AvgIpc) is 2.93. The number of hydrogen-bond donors (Lipinski definition) is 2. The Morgan fingerprint density at radius 1 is 0.837 bits per heavy atom. The minimum absolute atomic E-state index is 0.0176. The van der Waals surface area contributed by atoms with E-state index in [-0.39, 0.29) is 30.2 Å². The molecular formula is C28H27F6NO7S. The molecule has 0 radical (unpaired) electrons. The normalized spacial score (nSPS) is 13.3. The molecular weight excluding hydrogens is 608 g/mol. The SMILES string of the molecule is CN(CCc1cc(C(F)(F)F)cc(C(F)(F)F)c1)C(=O)[C@H](OS(C)(=O)=O)c1ccccc1.O=C(O)[C@H](O)c1ccccc1. The lowest BCUT2D eigenvalue weighted by atomic mass is 10.0. The zero-order valence-corrected chi connectivity index (χ0v) is 23.4. The molecule has 0 aliphatic carbocycles. The van der Waals surface area contributed by atoms with Crippen molar-refractivity contribution in [3.05, 3.63) is 107 Å². The number of aliphatic hydroxyl groups is 1. The predicted octanol–water partition coefficient (Wildman–Crippen LogP) is 5.25. The molecule has 0 saturated carbocycles. The largest absolute Gasteiger partial charge is 0.479 e. The summed E-state index contributed by atoms with van der Waals surface area (Å²) in [6.07, 6.45) is -12.5. The summed E-state index contributed by atoms with van der Waals surface area (Å²) in [4.78, 5) is 24.0. The molecule has 3 rings (SSSR count). The van der Waals surface area contributed by atoms with E-state index in [4.69, 9.17) is 14.4 Å². The smallest absolute Gasteiger partial charge is 0.416 e. The summed E-state index contributed by atoms with van der Waals surface area (Å²) in [5.74, 6) is -2.05. The van der Waals surface area contributed by atoms with E-state index in [1.54, 1.807) is 48.5 Å². The van der Waals surface area contributed by atoms with Gasteiger partial charge in [0.25, 0.3) is 16.0 Å². The highest BCUT2D eigenvalue weighted by Crippen LogP contribution is 2.36. The van der Waals surface area contributed by atoms with E-state index in [1.807, 2.05) is 0 Å². The van der Waals surface area contributed by atoms with Crippen molar-refractivity contribution in [2.75, 3.05) is 19.8 Å². The maximum Gasteiger partial charge on any atom is 0.416 e. The molecule has 43 heavy (non-hydrogen) atoms. The summed E-state index contributed by atoms with van der Waals surface area (Å²) in [7, 11) is -2.82. The Balaban J connectivity index is 0.000000490. The van der Waals surface area contributed by atoms with Crippen LogP contribution in [0.5, 0.6) is 0 Å². The Morgan fingerprint density at radius 2 is 1.28 bits per heavy atom. The Morgan fingerprint density at radius 3 is 1.67 bits per heavy atom. The number of likely N-dealkylation sites (N-methyl/N-ethyl adjacent to an activating group) is 1. The van der Waals surface area contributed by atoms with E-state index in [9.17, 15) is 44.3 Å². The highest BCUT2D eigenvalue weighted by molar-refractivity contribution is 7.86. The van der Waals surface area contributed by atoms with E-state index >= 15 is 0 Å². The number of benzene rings is 3. The minimum Gasteiger partial charge on any atom is -0.479 e. The van der Waals surface area contributed by atoms with Crippen LogP contribution >= 0.6 is 0 Å². The first-order chi connectivity index (χ1) is 19.8. The molecule has 0 heterocycles. The molecule has 15 heteroatoms. The monoisotopic (exact) mass is 635 g/mol. The van der Waals surface area contributed by atoms with Crippen molar-refractivity contribution in [2.24, 2.45) is 0 Å². The number of alkyl halides is 6. The van der Waals surface area contributed by atoms with Crippen LogP contribution in [0.15, 0.2) is 78.9 Å². The van der Waals surface area contributed by atoms with E-state index < -0.39 is 57.7 Å². The lowest BCUT2D eigenvalue weighted by molar-refractivity contribution is -0.147. The van der Waals surface area contributed by atoms with Crippen molar-refractivity contribution < 1.29 is 58.7 Å². The summed E-state index contributed by atoms with van der Waals surface area (Å²) < 4.78 is 106. The molecule has 8 nitrogen and oxygen atoms in total. The van der Waals surface area contributed by atoms with Crippen LogP contribution in [0.2, 0.25) is 0 Å². The third kappa shape index (κ3) is 11.3. The number of carbonyl (C=O) groups is 2. The highest BCUT2D eigenvalue weighted by Gasteiger charge is 2.37. The van der Waals surface area contributed by atoms with E-state index in [0.29, 0.717) is 17.7 Å². The quantitative estimate of drug-likeness (QED) is 0.244. The third-order valence-corrected chi connectivity index (χ3v) is 6.25. The predicted molar refractivity (Wildman–Crippen MR) is 142 cm³/mol. The maximum atomic E-state index is 13.0. The zero-order valence-electron chi connectivity index (χ0n) is 22.6. The van der Waals surface area contributed by atoms with Crippen molar-refractivity contribution >= 4 is 22.0 Å². The summed E-state index contributed by atoms with van der Waals surface area (Å²) >= 11 is 0. The molecule has 2 N–H and O–H groups in total. The Kier molecular flexibility index (Phi) is 11.9. The fourth-order valence-corrected chi connectivity index (χ4v) is 4.13. The number of amides is 1. The van der Waals surface area contributed by atoms with Gasteiger partial charge in [0.1, 0.15) is 0 Å².